The fraction of sp³-hybridized carbons (Fsp3) is 0.300. The van der Waals surface area contributed by atoms with Crippen molar-refractivity contribution < 1.29 is 14.3 Å². The first-order chi connectivity index (χ1) is 7.22. The van der Waals surface area contributed by atoms with Crippen LogP contribution in [0.15, 0.2) is 23.4 Å². The summed E-state index contributed by atoms with van der Waals surface area (Å²) in [5.41, 5.74) is 0.813. The summed E-state index contributed by atoms with van der Waals surface area (Å²) < 4.78 is 13.6. The van der Waals surface area contributed by atoms with E-state index in [1.54, 1.807) is 12.1 Å². The van der Waals surface area contributed by atoms with Gasteiger partial charge in [0, 0.05) is 12.0 Å². The number of aliphatic hydroxyl groups excluding tert-OH is 1. The van der Waals surface area contributed by atoms with Crippen molar-refractivity contribution in [3.63, 3.8) is 0 Å². The SMILES string of the molecule is OCC1CC(c2cccc(Cl)c2F)=NO1. The van der Waals surface area contributed by atoms with E-state index in [9.17, 15) is 4.39 Å². The highest BCUT2D eigenvalue weighted by Gasteiger charge is 2.23. The predicted octanol–water partition coefficient (Wildman–Crippen LogP) is 1.96. The molecule has 1 aromatic carbocycles. The van der Waals surface area contributed by atoms with Gasteiger partial charge in [0.05, 0.1) is 17.3 Å². The topological polar surface area (TPSA) is 41.8 Å². The molecule has 1 unspecified atom stereocenters. The predicted molar refractivity (Wildman–Crippen MR) is 54.5 cm³/mol. The molecule has 0 aromatic heterocycles. The Hall–Kier alpha value is -1.13. The van der Waals surface area contributed by atoms with Crippen molar-refractivity contribution in [2.45, 2.75) is 12.5 Å². The van der Waals surface area contributed by atoms with Gasteiger partial charge in [0.25, 0.3) is 0 Å². The molecule has 1 heterocycles. The number of halogens is 2. The number of rotatable bonds is 2. The van der Waals surface area contributed by atoms with Crippen LogP contribution >= 0.6 is 11.6 Å². The van der Waals surface area contributed by atoms with Crippen LogP contribution in [0.1, 0.15) is 12.0 Å². The highest BCUT2D eigenvalue weighted by molar-refractivity contribution is 6.31. The monoisotopic (exact) mass is 229 g/mol. The van der Waals surface area contributed by atoms with Crippen molar-refractivity contribution in [2.24, 2.45) is 5.16 Å². The zero-order valence-electron chi connectivity index (χ0n) is 7.78. The molecule has 1 aliphatic rings. The maximum absolute atomic E-state index is 13.6. The van der Waals surface area contributed by atoms with E-state index in [-0.39, 0.29) is 17.7 Å². The highest BCUT2D eigenvalue weighted by atomic mass is 35.5. The van der Waals surface area contributed by atoms with Gasteiger partial charge in [0.1, 0.15) is 0 Å². The molecule has 5 heteroatoms. The third-order valence-corrected chi connectivity index (χ3v) is 2.49. The summed E-state index contributed by atoms with van der Waals surface area (Å²) in [4.78, 5) is 4.89. The third-order valence-electron chi connectivity index (χ3n) is 2.20. The molecule has 0 saturated heterocycles. The standard InChI is InChI=1S/C10H9ClFNO2/c11-8-3-1-2-7(10(8)12)9-4-6(5-14)15-13-9/h1-3,6,14H,4-5H2. The molecule has 2 rings (SSSR count). The fourth-order valence-corrected chi connectivity index (χ4v) is 1.59. The van der Waals surface area contributed by atoms with E-state index < -0.39 is 5.82 Å². The molecule has 15 heavy (non-hydrogen) atoms. The molecule has 1 aliphatic heterocycles. The first kappa shape index (κ1) is 10.4. The van der Waals surface area contributed by atoms with Gasteiger partial charge in [-0.15, -0.1) is 0 Å². The van der Waals surface area contributed by atoms with Crippen molar-refractivity contribution in [1.29, 1.82) is 0 Å². The van der Waals surface area contributed by atoms with Crippen LogP contribution in [0.3, 0.4) is 0 Å². The van der Waals surface area contributed by atoms with Gasteiger partial charge in [-0.3, -0.25) is 0 Å². The molecule has 0 bridgehead atoms. The second-order valence-corrected chi connectivity index (χ2v) is 3.66. The van der Waals surface area contributed by atoms with Crippen LogP contribution in [0, 0.1) is 5.82 Å². The first-order valence-electron chi connectivity index (χ1n) is 4.50. The van der Waals surface area contributed by atoms with E-state index in [1.165, 1.54) is 6.07 Å². The molecular weight excluding hydrogens is 221 g/mol. The molecular formula is C10H9ClFNO2. The van der Waals surface area contributed by atoms with Crippen molar-refractivity contribution in [3.8, 4) is 0 Å². The number of hydrogen-bond acceptors (Lipinski definition) is 3. The molecule has 3 nitrogen and oxygen atoms in total. The molecule has 0 aliphatic carbocycles. The Morgan fingerprint density at radius 3 is 3.07 bits per heavy atom. The second-order valence-electron chi connectivity index (χ2n) is 3.25. The normalized spacial score (nSPS) is 19.9. The maximum atomic E-state index is 13.6. The molecule has 0 amide bonds. The van der Waals surface area contributed by atoms with E-state index in [2.05, 4.69) is 5.16 Å². The van der Waals surface area contributed by atoms with Crippen LogP contribution in [-0.2, 0) is 4.84 Å². The average Bonchev–Trinajstić information content (AvgIpc) is 2.70. The molecule has 0 fully saturated rings. The minimum absolute atomic E-state index is 0.0580. The number of hydrogen-bond donors (Lipinski definition) is 1. The summed E-state index contributed by atoms with van der Waals surface area (Å²) in [6.45, 7) is -0.130. The van der Waals surface area contributed by atoms with E-state index in [4.69, 9.17) is 21.5 Å². The maximum Gasteiger partial charge on any atom is 0.156 e. The minimum atomic E-state index is -0.500. The largest absolute Gasteiger partial charge is 0.392 e. The summed E-state index contributed by atoms with van der Waals surface area (Å²) in [5.74, 6) is -0.500. The molecule has 0 saturated carbocycles. The van der Waals surface area contributed by atoms with E-state index in [0.717, 1.165) is 0 Å². The van der Waals surface area contributed by atoms with Gasteiger partial charge < -0.3 is 9.94 Å². The van der Waals surface area contributed by atoms with Gasteiger partial charge in [0.15, 0.2) is 11.9 Å². The summed E-state index contributed by atoms with van der Waals surface area (Å²) in [6.07, 6.45) is 0.0201. The molecule has 1 aromatic rings. The van der Waals surface area contributed by atoms with Gasteiger partial charge in [-0.05, 0) is 12.1 Å². The van der Waals surface area contributed by atoms with Crippen LogP contribution in [0.5, 0.6) is 0 Å². The van der Waals surface area contributed by atoms with Crippen molar-refractivity contribution >= 4 is 17.3 Å². The van der Waals surface area contributed by atoms with Gasteiger partial charge in [-0.1, -0.05) is 22.8 Å². The number of benzene rings is 1. The van der Waals surface area contributed by atoms with Crippen LogP contribution in [0.2, 0.25) is 5.02 Å². The van der Waals surface area contributed by atoms with Gasteiger partial charge in [-0.2, -0.15) is 0 Å². The lowest BCUT2D eigenvalue weighted by molar-refractivity contribution is 0.0390. The highest BCUT2D eigenvalue weighted by Crippen LogP contribution is 2.23. The Kier molecular flexibility index (Phi) is 2.88. The zero-order chi connectivity index (χ0) is 10.8. The first-order valence-corrected chi connectivity index (χ1v) is 4.88. The zero-order valence-corrected chi connectivity index (χ0v) is 8.54. The molecule has 1 atom stereocenters. The van der Waals surface area contributed by atoms with Crippen LogP contribution < -0.4 is 0 Å². The molecule has 0 spiro atoms. The molecule has 0 radical (unpaired) electrons. The van der Waals surface area contributed by atoms with E-state index in [0.29, 0.717) is 17.7 Å². The van der Waals surface area contributed by atoms with Crippen LogP contribution in [-0.4, -0.2) is 23.5 Å². The lowest BCUT2D eigenvalue weighted by Gasteiger charge is -2.03. The summed E-state index contributed by atoms with van der Waals surface area (Å²) in [6, 6.07) is 4.71. The quantitative estimate of drug-likeness (QED) is 0.843. The van der Waals surface area contributed by atoms with Crippen LogP contribution in [0.4, 0.5) is 4.39 Å². The lowest BCUT2D eigenvalue weighted by Crippen LogP contribution is -2.13. The molecule has 80 valence electrons. The van der Waals surface area contributed by atoms with Crippen molar-refractivity contribution in [1.82, 2.24) is 0 Å². The van der Waals surface area contributed by atoms with Gasteiger partial charge in [0.2, 0.25) is 0 Å². The van der Waals surface area contributed by atoms with Gasteiger partial charge >= 0.3 is 0 Å². The molecule has 1 N–H and O–H groups in total. The minimum Gasteiger partial charge on any atom is -0.392 e. The fourth-order valence-electron chi connectivity index (χ4n) is 1.41. The lowest BCUT2D eigenvalue weighted by atomic mass is 10.0. The number of oxime groups is 1. The number of nitrogens with zero attached hydrogens (tertiary/aromatic N) is 1. The van der Waals surface area contributed by atoms with E-state index in [1.807, 2.05) is 0 Å². The summed E-state index contributed by atoms with van der Waals surface area (Å²) in [7, 11) is 0. The average molecular weight is 230 g/mol. The van der Waals surface area contributed by atoms with Gasteiger partial charge in [-0.25, -0.2) is 4.39 Å². The summed E-state index contributed by atoms with van der Waals surface area (Å²) in [5, 5.41) is 12.6. The third kappa shape index (κ3) is 1.96. The Bertz CT molecular complexity index is 408. The Labute approximate surface area is 91.1 Å². The summed E-state index contributed by atoms with van der Waals surface area (Å²) >= 11 is 5.64. The van der Waals surface area contributed by atoms with Crippen molar-refractivity contribution in [2.75, 3.05) is 6.61 Å². The van der Waals surface area contributed by atoms with E-state index >= 15 is 0 Å². The van der Waals surface area contributed by atoms with Crippen LogP contribution in [0.25, 0.3) is 0 Å². The number of aliphatic hydroxyl groups is 1. The second kappa shape index (κ2) is 4.16. The van der Waals surface area contributed by atoms with Crippen molar-refractivity contribution in [3.05, 3.63) is 34.6 Å². The Morgan fingerprint density at radius 2 is 2.40 bits per heavy atom. The Morgan fingerprint density at radius 1 is 1.60 bits per heavy atom. The Balaban J connectivity index is 2.28. The smallest absolute Gasteiger partial charge is 0.156 e.